The summed E-state index contributed by atoms with van der Waals surface area (Å²) in [6, 6.07) is 5.53. The Morgan fingerprint density at radius 3 is 2.72 bits per heavy atom. The van der Waals surface area contributed by atoms with Crippen molar-refractivity contribution >= 4 is 28.9 Å². The van der Waals surface area contributed by atoms with Gasteiger partial charge >= 0.3 is 5.97 Å². The molecule has 0 N–H and O–H groups in total. The van der Waals surface area contributed by atoms with E-state index in [1.807, 2.05) is 18.4 Å². The highest BCUT2D eigenvalue weighted by Gasteiger charge is 2.30. The zero-order valence-corrected chi connectivity index (χ0v) is 14.5. The maximum Gasteiger partial charge on any atom is 0.338 e. The predicted molar refractivity (Wildman–Crippen MR) is 91.9 cm³/mol. The molecule has 2 aromatic rings. The van der Waals surface area contributed by atoms with E-state index in [0.717, 1.165) is 18.1 Å². The molecule has 1 unspecified atom stereocenters. The molecule has 25 heavy (non-hydrogen) atoms. The molecule has 0 fully saturated rings. The van der Waals surface area contributed by atoms with Crippen LogP contribution in [0.1, 0.15) is 44.1 Å². The molecule has 0 radical (unpaired) electrons. The summed E-state index contributed by atoms with van der Waals surface area (Å²) < 4.78 is 4.62. The molecule has 1 atom stereocenters. The largest absolute Gasteiger partial charge is 0.465 e. The summed E-state index contributed by atoms with van der Waals surface area (Å²) in [7, 11) is 1.19. The normalized spacial score (nSPS) is 16.2. The number of carbonyl (C=O) groups excluding carboxylic acids is 2. The molecule has 7 nitrogen and oxygen atoms in total. The Morgan fingerprint density at radius 1 is 1.32 bits per heavy atom. The Hall–Kier alpha value is -2.74. The van der Waals surface area contributed by atoms with Crippen LogP contribution in [-0.4, -0.2) is 35.4 Å². The maximum atomic E-state index is 12.9. The minimum atomic E-state index is -0.718. The fraction of sp³-hybridized carbons (Fsp3) is 0.294. The predicted octanol–water partition coefficient (Wildman–Crippen LogP) is 3.20. The number of non-ortho nitro benzene ring substituents is 1. The zero-order valence-electron chi connectivity index (χ0n) is 13.7. The first-order chi connectivity index (χ1) is 11.9. The average Bonchev–Trinajstić information content (AvgIpc) is 3.10. The van der Waals surface area contributed by atoms with E-state index < -0.39 is 10.9 Å². The number of thiophene rings is 1. The second kappa shape index (κ2) is 6.64. The molecule has 0 saturated heterocycles. The van der Waals surface area contributed by atoms with Crippen LogP contribution in [0.5, 0.6) is 0 Å². The van der Waals surface area contributed by atoms with E-state index in [1.165, 1.54) is 24.1 Å². The number of fused-ring (bicyclic) bond motifs is 1. The fourth-order valence-electron chi connectivity index (χ4n) is 3.03. The number of esters is 1. The van der Waals surface area contributed by atoms with Crippen molar-refractivity contribution in [2.75, 3.05) is 13.7 Å². The fourth-order valence-corrected chi connectivity index (χ4v) is 3.99. The van der Waals surface area contributed by atoms with Crippen LogP contribution < -0.4 is 0 Å². The van der Waals surface area contributed by atoms with Crippen LogP contribution in [-0.2, 0) is 11.2 Å². The van der Waals surface area contributed by atoms with Crippen LogP contribution in [0.4, 0.5) is 5.69 Å². The van der Waals surface area contributed by atoms with Gasteiger partial charge in [0.25, 0.3) is 11.6 Å². The zero-order chi connectivity index (χ0) is 18.1. The maximum absolute atomic E-state index is 12.9. The number of benzene rings is 1. The number of hydrogen-bond acceptors (Lipinski definition) is 6. The molecule has 0 saturated carbocycles. The Balaban J connectivity index is 1.98. The molecular weight excluding hydrogens is 344 g/mol. The van der Waals surface area contributed by atoms with Crippen molar-refractivity contribution < 1.29 is 19.2 Å². The van der Waals surface area contributed by atoms with Gasteiger partial charge in [0.2, 0.25) is 0 Å². The van der Waals surface area contributed by atoms with Crippen molar-refractivity contribution in [3.8, 4) is 0 Å². The molecule has 0 bridgehead atoms. The number of ether oxygens (including phenoxy) is 1. The van der Waals surface area contributed by atoms with E-state index in [2.05, 4.69) is 4.74 Å². The summed E-state index contributed by atoms with van der Waals surface area (Å²) >= 11 is 1.67. The molecular formula is C17H16N2O5S. The third kappa shape index (κ3) is 3.12. The van der Waals surface area contributed by atoms with Gasteiger partial charge in [-0.25, -0.2) is 4.79 Å². The van der Waals surface area contributed by atoms with Gasteiger partial charge in [-0.15, -0.1) is 11.3 Å². The quantitative estimate of drug-likeness (QED) is 0.476. The Kier molecular flexibility index (Phi) is 4.54. The number of rotatable bonds is 3. The van der Waals surface area contributed by atoms with Crippen molar-refractivity contribution in [3.05, 3.63) is 61.3 Å². The van der Waals surface area contributed by atoms with Gasteiger partial charge in [0.15, 0.2) is 0 Å². The summed E-state index contributed by atoms with van der Waals surface area (Å²) in [5.74, 6) is -1.05. The van der Waals surface area contributed by atoms with E-state index in [4.69, 9.17) is 0 Å². The highest BCUT2D eigenvalue weighted by molar-refractivity contribution is 7.10. The molecule has 1 aromatic carbocycles. The summed E-state index contributed by atoms with van der Waals surface area (Å²) in [6.45, 7) is 2.46. The Bertz CT molecular complexity index is 860. The van der Waals surface area contributed by atoms with Crippen molar-refractivity contribution in [1.82, 2.24) is 4.90 Å². The van der Waals surface area contributed by atoms with Gasteiger partial charge in [-0.3, -0.25) is 14.9 Å². The van der Waals surface area contributed by atoms with Gasteiger partial charge in [-0.2, -0.15) is 0 Å². The van der Waals surface area contributed by atoms with Gasteiger partial charge in [0.1, 0.15) is 0 Å². The summed E-state index contributed by atoms with van der Waals surface area (Å²) in [5, 5.41) is 13.1. The van der Waals surface area contributed by atoms with E-state index >= 15 is 0 Å². The van der Waals surface area contributed by atoms with Crippen molar-refractivity contribution in [1.29, 1.82) is 0 Å². The first-order valence-electron chi connectivity index (χ1n) is 7.67. The van der Waals surface area contributed by atoms with Crippen LogP contribution in [0.15, 0.2) is 29.6 Å². The van der Waals surface area contributed by atoms with E-state index in [-0.39, 0.29) is 28.8 Å². The van der Waals surface area contributed by atoms with Crippen LogP contribution in [0, 0.1) is 10.1 Å². The lowest BCUT2D eigenvalue weighted by Crippen LogP contribution is -2.38. The number of hydrogen-bond donors (Lipinski definition) is 0. The van der Waals surface area contributed by atoms with Crippen LogP contribution in [0.25, 0.3) is 0 Å². The van der Waals surface area contributed by atoms with Gasteiger partial charge in [0.05, 0.1) is 23.6 Å². The molecule has 1 aliphatic heterocycles. The molecule has 1 aliphatic rings. The second-order valence-electron chi connectivity index (χ2n) is 5.74. The summed E-state index contributed by atoms with van der Waals surface area (Å²) in [5.41, 5.74) is 0.886. The lowest BCUT2D eigenvalue weighted by molar-refractivity contribution is -0.384. The third-order valence-corrected chi connectivity index (χ3v) is 5.33. The number of methoxy groups -OCH3 is 1. The second-order valence-corrected chi connectivity index (χ2v) is 6.74. The lowest BCUT2D eigenvalue weighted by atomic mass is 9.99. The lowest BCUT2D eigenvalue weighted by Gasteiger charge is -2.33. The molecule has 0 aliphatic carbocycles. The topological polar surface area (TPSA) is 89.8 Å². The number of nitro benzene ring substituents is 1. The van der Waals surface area contributed by atoms with Crippen LogP contribution in [0.2, 0.25) is 0 Å². The number of nitro groups is 1. The average molecular weight is 360 g/mol. The van der Waals surface area contributed by atoms with Gasteiger partial charge in [0, 0.05) is 29.1 Å². The highest BCUT2D eigenvalue weighted by atomic mass is 32.1. The van der Waals surface area contributed by atoms with Crippen molar-refractivity contribution in [2.45, 2.75) is 19.4 Å². The molecule has 0 spiro atoms. The summed E-state index contributed by atoms with van der Waals surface area (Å²) in [6.07, 6.45) is 0.752. The molecule has 1 amide bonds. The Morgan fingerprint density at radius 2 is 2.04 bits per heavy atom. The van der Waals surface area contributed by atoms with Crippen LogP contribution >= 0.6 is 11.3 Å². The first kappa shape index (κ1) is 17.1. The molecule has 1 aromatic heterocycles. The van der Waals surface area contributed by atoms with Crippen molar-refractivity contribution in [3.63, 3.8) is 0 Å². The monoisotopic (exact) mass is 360 g/mol. The standard InChI is InChI=1S/C17H16N2O5S/c1-10-14-4-6-25-15(14)3-5-18(10)16(20)11-7-12(17(21)24-2)9-13(8-11)19(22)23/h4,6-10H,3,5H2,1-2H3. The minimum absolute atomic E-state index is 0.0130. The van der Waals surface area contributed by atoms with Crippen molar-refractivity contribution in [2.24, 2.45) is 0 Å². The van der Waals surface area contributed by atoms with Crippen LogP contribution in [0.3, 0.4) is 0 Å². The first-order valence-corrected chi connectivity index (χ1v) is 8.55. The Labute approximate surface area is 148 Å². The SMILES string of the molecule is COC(=O)c1cc(C(=O)N2CCc3sccc3C2C)cc([N+](=O)[O-])c1. The van der Waals surface area contributed by atoms with E-state index in [0.29, 0.717) is 6.54 Å². The summed E-state index contributed by atoms with van der Waals surface area (Å²) in [4.78, 5) is 38.1. The highest BCUT2D eigenvalue weighted by Crippen LogP contribution is 2.34. The minimum Gasteiger partial charge on any atom is -0.465 e. The number of carbonyl (C=O) groups is 2. The van der Waals surface area contributed by atoms with Gasteiger partial charge in [-0.1, -0.05) is 0 Å². The van der Waals surface area contributed by atoms with E-state index in [9.17, 15) is 19.7 Å². The number of nitrogens with zero attached hydrogens (tertiary/aromatic N) is 2. The van der Waals surface area contributed by atoms with Gasteiger partial charge < -0.3 is 9.64 Å². The third-order valence-electron chi connectivity index (χ3n) is 4.33. The van der Waals surface area contributed by atoms with E-state index in [1.54, 1.807) is 16.2 Å². The molecule has 3 rings (SSSR count). The molecule has 8 heteroatoms. The molecule has 2 heterocycles. The molecule has 130 valence electrons. The smallest absolute Gasteiger partial charge is 0.338 e. The number of amides is 1. The van der Waals surface area contributed by atoms with Gasteiger partial charge in [-0.05, 0) is 36.4 Å².